The Balaban J connectivity index is 1.52. The summed E-state index contributed by atoms with van der Waals surface area (Å²) >= 11 is 6.06. The Hall–Kier alpha value is -1.61. The number of aromatic nitrogens is 1. The number of hydrogen-bond acceptors (Lipinski definition) is 6. The molecule has 7 nitrogen and oxygen atoms in total. The van der Waals surface area contributed by atoms with Gasteiger partial charge in [-0.25, -0.2) is 8.42 Å². The molecule has 0 bridgehead atoms. The fourth-order valence-corrected chi connectivity index (χ4v) is 4.92. The summed E-state index contributed by atoms with van der Waals surface area (Å²) in [6, 6.07) is 7.35. The van der Waals surface area contributed by atoms with Gasteiger partial charge in [-0.1, -0.05) is 28.9 Å². The van der Waals surface area contributed by atoms with Crippen LogP contribution in [0, 0.1) is 13.8 Å². The molecule has 1 fully saturated rings. The zero-order valence-corrected chi connectivity index (χ0v) is 16.4. The molecule has 0 atom stereocenters. The van der Waals surface area contributed by atoms with Gasteiger partial charge in [-0.2, -0.15) is 4.31 Å². The first kappa shape index (κ1) is 19.2. The summed E-state index contributed by atoms with van der Waals surface area (Å²) in [6.07, 6.45) is 0. The molecule has 1 aliphatic heterocycles. The second kappa shape index (κ2) is 7.96. The van der Waals surface area contributed by atoms with Gasteiger partial charge >= 0.3 is 0 Å². The highest BCUT2D eigenvalue weighted by Gasteiger charge is 2.33. The molecule has 2 aromatic rings. The van der Waals surface area contributed by atoms with Gasteiger partial charge in [0.2, 0.25) is 10.0 Å². The monoisotopic (exact) mass is 399 g/mol. The van der Waals surface area contributed by atoms with Crippen molar-refractivity contribution in [3.8, 4) is 5.75 Å². The number of piperazine rings is 1. The third-order valence-electron chi connectivity index (χ3n) is 4.40. The summed E-state index contributed by atoms with van der Waals surface area (Å²) in [5.74, 6) is 0.992. The van der Waals surface area contributed by atoms with Crippen LogP contribution in [-0.4, -0.2) is 62.1 Å². The smallest absolute Gasteiger partial charge is 0.248 e. The van der Waals surface area contributed by atoms with E-state index in [0.717, 1.165) is 0 Å². The van der Waals surface area contributed by atoms with Crippen LogP contribution in [0.15, 0.2) is 33.7 Å². The third kappa shape index (κ3) is 4.03. The summed E-state index contributed by atoms with van der Waals surface area (Å²) in [5, 5.41) is 4.34. The normalized spacial score (nSPS) is 16.7. The van der Waals surface area contributed by atoms with Gasteiger partial charge in [0, 0.05) is 32.7 Å². The number of hydrogen-bond donors (Lipinski definition) is 0. The standard InChI is InChI=1S/C17H22ClN3O4S/c1-13-17(14(2)25-19-13)26(22,23)21-9-7-20(8-10-21)11-12-24-16-6-4-3-5-15(16)18/h3-6H,7-12H2,1-2H3. The number of sulfonamides is 1. The van der Waals surface area contributed by atoms with Crippen molar-refractivity contribution in [2.45, 2.75) is 18.7 Å². The number of nitrogens with zero attached hydrogens (tertiary/aromatic N) is 3. The van der Waals surface area contributed by atoms with Crippen molar-refractivity contribution in [1.82, 2.24) is 14.4 Å². The molecule has 0 unspecified atom stereocenters. The van der Waals surface area contributed by atoms with Crippen LogP contribution >= 0.6 is 11.6 Å². The lowest BCUT2D eigenvalue weighted by molar-refractivity contribution is 0.159. The van der Waals surface area contributed by atoms with E-state index in [4.69, 9.17) is 20.9 Å². The lowest BCUT2D eigenvalue weighted by Gasteiger charge is -2.33. The fraction of sp³-hybridized carbons (Fsp3) is 0.471. The molecular weight excluding hydrogens is 378 g/mol. The molecule has 0 saturated carbocycles. The molecule has 2 heterocycles. The van der Waals surface area contributed by atoms with E-state index in [0.29, 0.717) is 61.6 Å². The molecule has 0 amide bonds. The molecule has 1 aromatic carbocycles. The first-order valence-electron chi connectivity index (χ1n) is 8.42. The predicted octanol–water partition coefficient (Wildman–Crippen LogP) is 2.33. The Morgan fingerprint density at radius 2 is 1.88 bits per heavy atom. The first-order chi connectivity index (χ1) is 12.4. The second-order valence-corrected chi connectivity index (χ2v) is 8.46. The van der Waals surface area contributed by atoms with Gasteiger partial charge in [-0.3, -0.25) is 4.90 Å². The molecule has 142 valence electrons. The molecule has 0 spiro atoms. The first-order valence-corrected chi connectivity index (χ1v) is 10.2. The van der Waals surface area contributed by atoms with Crippen molar-refractivity contribution in [3.05, 3.63) is 40.7 Å². The van der Waals surface area contributed by atoms with Gasteiger partial charge in [-0.15, -0.1) is 0 Å². The minimum atomic E-state index is -3.57. The second-order valence-electron chi connectivity index (χ2n) is 6.18. The highest BCUT2D eigenvalue weighted by molar-refractivity contribution is 7.89. The summed E-state index contributed by atoms with van der Waals surface area (Å²) in [7, 11) is -3.57. The van der Waals surface area contributed by atoms with Gasteiger partial charge in [-0.05, 0) is 26.0 Å². The van der Waals surface area contributed by atoms with Crippen molar-refractivity contribution >= 4 is 21.6 Å². The van der Waals surface area contributed by atoms with Crippen molar-refractivity contribution in [2.75, 3.05) is 39.3 Å². The molecular formula is C17H22ClN3O4S. The van der Waals surface area contributed by atoms with E-state index < -0.39 is 10.0 Å². The summed E-state index contributed by atoms with van der Waals surface area (Å²) < 4.78 is 37.8. The highest BCUT2D eigenvalue weighted by atomic mass is 35.5. The van der Waals surface area contributed by atoms with E-state index in [1.807, 2.05) is 18.2 Å². The van der Waals surface area contributed by atoms with Crippen molar-refractivity contribution in [2.24, 2.45) is 0 Å². The van der Waals surface area contributed by atoms with E-state index in [-0.39, 0.29) is 4.90 Å². The summed E-state index contributed by atoms with van der Waals surface area (Å²) in [5.41, 5.74) is 0.401. The number of halogens is 1. The molecule has 0 aliphatic carbocycles. The van der Waals surface area contributed by atoms with E-state index in [9.17, 15) is 8.42 Å². The van der Waals surface area contributed by atoms with E-state index in [1.165, 1.54) is 4.31 Å². The van der Waals surface area contributed by atoms with Crippen LogP contribution in [0.4, 0.5) is 0 Å². The Morgan fingerprint density at radius 1 is 1.19 bits per heavy atom. The van der Waals surface area contributed by atoms with Gasteiger partial charge in [0.1, 0.15) is 22.9 Å². The Kier molecular flexibility index (Phi) is 5.86. The Bertz CT molecular complexity index is 841. The largest absolute Gasteiger partial charge is 0.491 e. The van der Waals surface area contributed by atoms with Crippen LogP contribution < -0.4 is 4.74 Å². The number of rotatable bonds is 6. The van der Waals surface area contributed by atoms with Crippen molar-refractivity contribution in [1.29, 1.82) is 0 Å². The summed E-state index contributed by atoms with van der Waals surface area (Å²) in [6.45, 7) is 6.63. The number of benzene rings is 1. The third-order valence-corrected chi connectivity index (χ3v) is 6.85. The maximum atomic E-state index is 12.8. The highest BCUT2D eigenvalue weighted by Crippen LogP contribution is 2.25. The topological polar surface area (TPSA) is 75.9 Å². The summed E-state index contributed by atoms with van der Waals surface area (Å²) in [4.78, 5) is 2.36. The van der Waals surface area contributed by atoms with Crippen LogP contribution in [0.25, 0.3) is 0 Å². The van der Waals surface area contributed by atoms with Crippen LogP contribution in [-0.2, 0) is 10.0 Å². The fourth-order valence-electron chi connectivity index (χ4n) is 3.01. The number of ether oxygens (including phenoxy) is 1. The lowest BCUT2D eigenvalue weighted by Crippen LogP contribution is -2.49. The average molecular weight is 400 g/mol. The minimum absolute atomic E-state index is 0.188. The molecule has 26 heavy (non-hydrogen) atoms. The molecule has 0 N–H and O–H groups in total. The maximum absolute atomic E-state index is 12.8. The predicted molar refractivity (Wildman–Crippen MR) is 98.1 cm³/mol. The molecule has 0 radical (unpaired) electrons. The van der Waals surface area contributed by atoms with Crippen molar-refractivity contribution in [3.63, 3.8) is 0 Å². The van der Waals surface area contributed by atoms with Gasteiger partial charge in [0.15, 0.2) is 5.76 Å². The van der Waals surface area contributed by atoms with E-state index in [2.05, 4.69) is 10.1 Å². The van der Waals surface area contributed by atoms with Crippen LogP contribution in [0.2, 0.25) is 5.02 Å². The minimum Gasteiger partial charge on any atom is -0.491 e. The molecule has 1 saturated heterocycles. The van der Waals surface area contributed by atoms with Gasteiger partial charge in [0.05, 0.1) is 5.02 Å². The molecule has 3 rings (SSSR count). The number of aryl methyl sites for hydroxylation is 2. The Labute approximate surface area is 158 Å². The Morgan fingerprint density at radius 3 is 2.50 bits per heavy atom. The zero-order valence-electron chi connectivity index (χ0n) is 14.8. The SMILES string of the molecule is Cc1noc(C)c1S(=O)(=O)N1CCN(CCOc2ccccc2Cl)CC1. The van der Waals surface area contributed by atoms with E-state index >= 15 is 0 Å². The van der Waals surface area contributed by atoms with Crippen molar-refractivity contribution < 1.29 is 17.7 Å². The van der Waals surface area contributed by atoms with Gasteiger partial charge in [0.25, 0.3) is 0 Å². The molecule has 1 aliphatic rings. The van der Waals surface area contributed by atoms with Crippen LogP contribution in [0.5, 0.6) is 5.75 Å². The lowest BCUT2D eigenvalue weighted by atomic mass is 10.3. The van der Waals surface area contributed by atoms with E-state index in [1.54, 1.807) is 19.9 Å². The number of para-hydroxylation sites is 1. The maximum Gasteiger partial charge on any atom is 0.248 e. The zero-order chi connectivity index (χ0) is 18.7. The van der Waals surface area contributed by atoms with Crippen LogP contribution in [0.1, 0.15) is 11.5 Å². The van der Waals surface area contributed by atoms with Crippen LogP contribution in [0.3, 0.4) is 0 Å². The quantitative estimate of drug-likeness (QED) is 0.742. The molecule has 1 aromatic heterocycles. The van der Waals surface area contributed by atoms with Gasteiger partial charge < -0.3 is 9.26 Å². The average Bonchev–Trinajstić information content (AvgIpc) is 2.96. The molecule has 9 heteroatoms.